The molecule has 4 fully saturated rings. The van der Waals surface area contributed by atoms with Gasteiger partial charge in [0.15, 0.2) is 0 Å². The van der Waals surface area contributed by atoms with Crippen LogP contribution in [0.5, 0.6) is 0 Å². The quantitative estimate of drug-likeness (QED) is 0.595. The zero-order chi connectivity index (χ0) is 22.6. The first-order valence-electron chi connectivity index (χ1n) is 11.3. The Hall–Kier alpha value is -1.89. The number of anilines is 1. The first-order valence-corrected chi connectivity index (χ1v) is 12.1. The highest BCUT2D eigenvalue weighted by molar-refractivity contribution is 7.18. The second-order valence-electron chi connectivity index (χ2n) is 10.6. The summed E-state index contributed by atoms with van der Waals surface area (Å²) in [6.45, 7) is 10.3. The number of nitrogens with one attached hydrogen (secondary N) is 1. The van der Waals surface area contributed by atoms with Gasteiger partial charge < -0.3 is 14.8 Å². The number of hydrogen-bond donors (Lipinski definition) is 1. The highest BCUT2D eigenvalue weighted by Gasteiger charge is 2.62. The standard InChI is InChI=1S/C24H33NO5S/c1-6-29-19(26)16-14(3)17(20(27)30-7-2)31-18(16)25-21(28)24-10-15-8-22(4,12-24)11-23(5,9-15)13-24/h15H,6-13H2,1-5H3,(H,25,28)/t15?,22-,23-,24?/m1/s1. The van der Waals surface area contributed by atoms with Crippen LogP contribution in [0.3, 0.4) is 0 Å². The van der Waals surface area contributed by atoms with Crippen LogP contribution in [0.1, 0.15) is 91.8 Å². The maximum atomic E-state index is 13.7. The average Bonchev–Trinajstić information content (AvgIpc) is 2.95. The molecule has 1 heterocycles. The van der Waals surface area contributed by atoms with E-state index in [0.29, 0.717) is 21.4 Å². The van der Waals surface area contributed by atoms with E-state index in [9.17, 15) is 14.4 Å². The van der Waals surface area contributed by atoms with E-state index in [4.69, 9.17) is 9.47 Å². The predicted octanol–water partition coefficient (Wildman–Crippen LogP) is 5.35. The Labute approximate surface area is 188 Å². The molecule has 4 aliphatic carbocycles. The first kappa shape index (κ1) is 22.3. The van der Waals surface area contributed by atoms with E-state index in [0.717, 1.165) is 30.6 Å². The number of esters is 2. The zero-order valence-corrected chi connectivity index (χ0v) is 20.0. The SMILES string of the molecule is CCOC(=O)c1sc(NC(=O)C23CC4C[C@@](C)(C2)C[C@@](C)(C4)C3)c(C(=O)OCC)c1C. The van der Waals surface area contributed by atoms with Crippen molar-refractivity contribution in [1.29, 1.82) is 0 Å². The van der Waals surface area contributed by atoms with Crippen molar-refractivity contribution in [3.05, 3.63) is 16.0 Å². The van der Waals surface area contributed by atoms with E-state index in [1.807, 2.05) is 0 Å². The molecule has 1 N–H and O–H groups in total. The van der Waals surface area contributed by atoms with Gasteiger partial charge in [0.25, 0.3) is 0 Å². The molecular weight excluding hydrogens is 414 g/mol. The summed E-state index contributed by atoms with van der Waals surface area (Å²) in [4.78, 5) is 39.2. The fourth-order valence-corrected chi connectivity index (χ4v) is 8.46. The molecule has 170 valence electrons. The molecule has 1 amide bonds. The van der Waals surface area contributed by atoms with Gasteiger partial charge in [-0.1, -0.05) is 13.8 Å². The number of carbonyl (C=O) groups excluding carboxylic acids is 3. The molecule has 4 bridgehead atoms. The van der Waals surface area contributed by atoms with Crippen LogP contribution < -0.4 is 5.32 Å². The van der Waals surface area contributed by atoms with E-state index in [1.54, 1.807) is 20.8 Å². The Morgan fingerprint density at radius 2 is 1.55 bits per heavy atom. The molecule has 0 spiro atoms. The van der Waals surface area contributed by atoms with Gasteiger partial charge >= 0.3 is 11.9 Å². The van der Waals surface area contributed by atoms with Crippen LogP contribution in [-0.2, 0) is 14.3 Å². The van der Waals surface area contributed by atoms with Crippen molar-refractivity contribution in [2.75, 3.05) is 18.5 Å². The van der Waals surface area contributed by atoms with E-state index < -0.39 is 17.4 Å². The summed E-state index contributed by atoms with van der Waals surface area (Å²) in [5, 5.41) is 3.47. The van der Waals surface area contributed by atoms with Gasteiger partial charge in [-0.25, -0.2) is 9.59 Å². The number of rotatable bonds is 6. The molecule has 6 nitrogen and oxygen atoms in total. The molecule has 0 aromatic carbocycles. The van der Waals surface area contributed by atoms with E-state index in [2.05, 4.69) is 19.2 Å². The number of ether oxygens (including phenoxy) is 2. The van der Waals surface area contributed by atoms with Crippen molar-refractivity contribution in [3.8, 4) is 0 Å². The van der Waals surface area contributed by atoms with Crippen molar-refractivity contribution in [2.45, 2.75) is 73.1 Å². The van der Waals surface area contributed by atoms with Crippen molar-refractivity contribution in [3.63, 3.8) is 0 Å². The molecule has 0 aliphatic heterocycles. The predicted molar refractivity (Wildman–Crippen MR) is 119 cm³/mol. The van der Waals surface area contributed by atoms with Gasteiger partial charge in [-0.15, -0.1) is 11.3 Å². The van der Waals surface area contributed by atoms with Gasteiger partial charge in [0, 0.05) is 0 Å². The Morgan fingerprint density at radius 1 is 0.968 bits per heavy atom. The third-order valence-electron chi connectivity index (χ3n) is 7.42. The summed E-state index contributed by atoms with van der Waals surface area (Å²) in [6.07, 6.45) is 6.29. The topological polar surface area (TPSA) is 81.7 Å². The fraction of sp³-hybridized carbons (Fsp3) is 0.708. The van der Waals surface area contributed by atoms with Gasteiger partial charge in [0.2, 0.25) is 5.91 Å². The monoisotopic (exact) mass is 447 g/mol. The Balaban J connectivity index is 1.67. The minimum Gasteiger partial charge on any atom is -0.462 e. The summed E-state index contributed by atoms with van der Waals surface area (Å²) in [7, 11) is 0. The van der Waals surface area contributed by atoms with Gasteiger partial charge in [0.05, 0.1) is 24.2 Å². The minimum atomic E-state index is -0.522. The van der Waals surface area contributed by atoms with E-state index in [-0.39, 0.29) is 35.5 Å². The molecular formula is C24H33NO5S. The van der Waals surface area contributed by atoms with Crippen molar-refractivity contribution >= 4 is 34.2 Å². The molecule has 1 aromatic heterocycles. The maximum Gasteiger partial charge on any atom is 0.348 e. The molecule has 0 saturated heterocycles. The molecule has 5 rings (SSSR count). The van der Waals surface area contributed by atoms with E-state index >= 15 is 0 Å². The van der Waals surface area contributed by atoms with Gasteiger partial charge in [-0.05, 0) is 81.6 Å². The van der Waals surface area contributed by atoms with Crippen LogP contribution in [0.25, 0.3) is 0 Å². The lowest BCUT2D eigenvalue weighted by Gasteiger charge is -2.64. The lowest BCUT2D eigenvalue weighted by atomic mass is 9.40. The van der Waals surface area contributed by atoms with Crippen LogP contribution in [0, 0.1) is 29.1 Å². The van der Waals surface area contributed by atoms with Crippen molar-refractivity contribution in [1.82, 2.24) is 0 Å². The Kier molecular flexibility index (Phi) is 5.48. The molecule has 31 heavy (non-hydrogen) atoms. The molecule has 1 aromatic rings. The van der Waals surface area contributed by atoms with Crippen LogP contribution >= 0.6 is 11.3 Å². The van der Waals surface area contributed by atoms with Crippen LogP contribution in [0.2, 0.25) is 0 Å². The van der Waals surface area contributed by atoms with Crippen LogP contribution in [0.4, 0.5) is 5.00 Å². The van der Waals surface area contributed by atoms with Crippen molar-refractivity contribution < 1.29 is 23.9 Å². The minimum absolute atomic E-state index is 0.0174. The molecule has 4 saturated carbocycles. The number of amides is 1. The van der Waals surface area contributed by atoms with Crippen molar-refractivity contribution in [2.24, 2.45) is 22.2 Å². The largest absolute Gasteiger partial charge is 0.462 e. The van der Waals surface area contributed by atoms with Gasteiger partial charge in [-0.3, -0.25) is 4.79 Å². The second kappa shape index (κ2) is 7.61. The summed E-state index contributed by atoms with van der Waals surface area (Å²) in [5.74, 6) is -0.435. The Bertz CT molecular complexity index is 917. The Morgan fingerprint density at radius 3 is 2.10 bits per heavy atom. The summed E-state index contributed by atoms with van der Waals surface area (Å²) >= 11 is 1.11. The third-order valence-corrected chi connectivity index (χ3v) is 8.61. The smallest absolute Gasteiger partial charge is 0.348 e. The lowest BCUT2D eigenvalue weighted by molar-refractivity contribution is -0.165. The fourth-order valence-electron chi connectivity index (χ4n) is 7.38. The highest BCUT2D eigenvalue weighted by atomic mass is 32.1. The molecule has 4 aliphatic rings. The maximum absolute atomic E-state index is 13.7. The molecule has 0 unspecified atom stereocenters. The summed E-state index contributed by atoms with van der Waals surface area (Å²) < 4.78 is 10.4. The average molecular weight is 448 g/mol. The first-order chi connectivity index (χ1) is 14.5. The molecule has 7 heteroatoms. The number of thiophene rings is 1. The number of hydrogen-bond acceptors (Lipinski definition) is 6. The molecule has 0 radical (unpaired) electrons. The second-order valence-corrected chi connectivity index (χ2v) is 11.6. The van der Waals surface area contributed by atoms with Crippen LogP contribution in [-0.4, -0.2) is 31.1 Å². The zero-order valence-electron chi connectivity index (χ0n) is 19.2. The number of carbonyl (C=O) groups is 3. The molecule has 2 atom stereocenters. The normalized spacial score (nSPS) is 33.3. The summed E-state index contributed by atoms with van der Waals surface area (Å²) in [6, 6.07) is 0. The highest BCUT2D eigenvalue weighted by Crippen LogP contribution is 2.69. The van der Waals surface area contributed by atoms with Gasteiger partial charge in [0.1, 0.15) is 9.88 Å². The lowest BCUT2D eigenvalue weighted by Crippen LogP contribution is -2.58. The summed E-state index contributed by atoms with van der Waals surface area (Å²) in [5.41, 5.74) is 0.775. The van der Waals surface area contributed by atoms with E-state index in [1.165, 1.54) is 19.3 Å². The third kappa shape index (κ3) is 3.79. The van der Waals surface area contributed by atoms with Crippen LogP contribution in [0.15, 0.2) is 0 Å². The van der Waals surface area contributed by atoms with Gasteiger partial charge in [-0.2, -0.15) is 0 Å².